The average Bonchev–Trinajstić information content (AvgIpc) is 3.36. The second-order valence-electron chi connectivity index (χ2n) is 5.86. The third kappa shape index (κ3) is 4.71. The SMILES string of the molecule is CC(=O)c1c[nH]c(C(=O)OCC(=O)N[C@H](c2ccccc2)c2cccs2)c1. The van der Waals surface area contributed by atoms with Crippen LogP contribution in [0.3, 0.4) is 0 Å². The van der Waals surface area contributed by atoms with Crippen molar-refractivity contribution < 1.29 is 19.1 Å². The first-order chi connectivity index (χ1) is 13.0. The van der Waals surface area contributed by atoms with Crippen LogP contribution in [-0.4, -0.2) is 29.3 Å². The van der Waals surface area contributed by atoms with E-state index in [4.69, 9.17) is 4.74 Å². The zero-order chi connectivity index (χ0) is 19.2. The van der Waals surface area contributed by atoms with E-state index in [-0.39, 0.29) is 17.5 Å². The minimum absolute atomic E-state index is 0.130. The van der Waals surface area contributed by atoms with Gasteiger partial charge in [0, 0.05) is 16.6 Å². The maximum Gasteiger partial charge on any atom is 0.355 e. The molecule has 6 nitrogen and oxygen atoms in total. The van der Waals surface area contributed by atoms with Crippen molar-refractivity contribution in [1.82, 2.24) is 10.3 Å². The van der Waals surface area contributed by atoms with E-state index in [0.717, 1.165) is 10.4 Å². The number of thiophene rings is 1. The van der Waals surface area contributed by atoms with E-state index in [9.17, 15) is 14.4 Å². The summed E-state index contributed by atoms with van der Waals surface area (Å²) in [4.78, 5) is 39.3. The molecule has 0 aliphatic carbocycles. The van der Waals surface area contributed by atoms with Crippen molar-refractivity contribution in [2.75, 3.05) is 6.61 Å². The first-order valence-corrected chi connectivity index (χ1v) is 9.16. The quantitative estimate of drug-likeness (QED) is 0.485. The average molecular weight is 382 g/mol. The number of ether oxygens (including phenoxy) is 1. The zero-order valence-electron chi connectivity index (χ0n) is 14.6. The molecule has 138 valence electrons. The molecular weight excluding hydrogens is 364 g/mol. The standard InChI is InChI=1S/C20H18N2O4S/c1-13(23)15-10-16(21-11-15)20(25)26-12-18(24)22-19(17-8-5-9-27-17)14-6-3-2-4-7-14/h2-11,19,21H,12H2,1H3,(H,22,24)/t19-/m1/s1. The van der Waals surface area contributed by atoms with Crippen molar-refractivity contribution in [3.8, 4) is 0 Å². The predicted molar refractivity (Wildman–Crippen MR) is 102 cm³/mol. The highest BCUT2D eigenvalue weighted by atomic mass is 32.1. The molecule has 0 saturated heterocycles. The second kappa shape index (κ2) is 8.46. The molecule has 3 rings (SSSR count). The molecule has 3 aromatic rings. The molecule has 0 bridgehead atoms. The highest BCUT2D eigenvalue weighted by Crippen LogP contribution is 2.25. The Labute approximate surface area is 160 Å². The second-order valence-corrected chi connectivity index (χ2v) is 6.84. The number of ketones is 1. The van der Waals surface area contributed by atoms with E-state index >= 15 is 0 Å². The van der Waals surface area contributed by atoms with Gasteiger partial charge in [-0.15, -0.1) is 11.3 Å². The Morgan fingerprint density at radius 3 is 2.56 bits per heavy atom. The third-order valence-corrected chi connectivity index (χ3v) is 4.85. The molecule has 0 aliphatic rings. The van der Waals surface area contributed by atoms with Gasteiger partial charge < -0.3 is 15.0 Å². The molecule has 0 radical (unpaired) electrons. The summed E-state index contributed by atoms with van der Waals surface area (Å²) in [5.74, 6) is -1.27. The number of aromatic amines is 1. The molecule has 7 heteroatoms. The number of hydrogen-bond donors (Lipinski definition) is 2. The number of carbonyl (C=O) groups excluding carboxylic acids is 3. The number of Topliss-reactive ketones (excluding diaryl/α,β-unsaturated/α-hetero) is 1. The van der Waals surface area contributed by atoms with Crippen LogP contribution in [-0.2, 0) is 9.53 Å². The van der Waals surface area contributed by atoms with Gasteiger partial charge in [-0.2, -0.15) is 0 Å². The molecule has 27 heavy (non-hydrogen) atoms. The van der Waals surface area contributed by atoms with E-state index in [1.807, 2.05) is 47.8 Å². The Morgan fingerprint density at radius 1 is 1.15 bits per heavy atom. The lowest BCUT2D eigenvalue weighted by molar-refractivity contribution is -0.124. The van der Waals surface area contributed by atoms with Crippen molar-refractivity contribution in [2.24, 2.45) is 0 Å². The van der Waals surface area contributed by atoms with E-state index in [1.165, 1.54) is 30.5 Å². The van der Waals surface area contributed by atoms with Crippen LogP contribution in [0.2, 0.25) is 0 Å². The van der Waals surface area contributed by atoms with Gasteiger partial charge in [-0.05, 0) is 30.0 Å². The fraction of sp³-hybridized carbons (Fsp3) is 0.150. The molecule has 1 amide bonds. The molecule has 0 fully saturated rings. The summed E-state index contributed by atoms with van der Waals surface area (Å²) in [5.41, 5.74) is 1.45. The minimum atomic E-state index is -0.690. The van der Waals surface area contributed by atoms with E-state index in [1.54, 1.807) is 0 Å². The van der Waals surface area contributed by atoms with Crippen molar-refractivity contribution in [2.45, 2.75) is 13.0 Å². The van der Waals surface area contributed by atoms with Crippen LogP contribution in [0.25, 0.3) is 0 Å². The number of esters is 1. The first kappa shape index (κ1) is 18.6. The van der Waals surface area contributed by atoms with Gasteiger partial charge in [-0.1, -0.05) is 36.4 Å². The summed E-state index contributed by atoms with van der Waals surface area (Å²) in [7, 11) is 0. The molecule has 0 unspecified atom stereocenters. The van der Waals surface area contributed by atoms with Gasteiger partial charge in [0.25, 0.3) is 5.91 Å². The highest BCUT2D eigenvalue weighted by Gasteiger charge is 2.19. The van der Waals surface area contributed by atoms with Gasteiger partial charge in [0.2, 0.25) is 0 Å². The molecule has 2 heterocycles. The smallest absolute Gasteiger partial charge is 0.355 e. The number of carbonyl (C=O) groups is 3. The summed E-state index contributed by atoms with van der Waals surface area (Å²) >= 11 is 1.54. The molecule has 1 atom stereocenters. The van der Waals surface area contributed by atoms with Crippen LogP contribution in [0.15, 0.2) is 60.1 Å². The van der Waals surface area contributed by atoms with Crippen LogP contribution in [0.1, 0.15) is 44.3 Å². The fourth-order valence-corrected chi connectivity index (χ4v) is 3.35. The van der Waals surface area contributed by atoms with Gasteiger partial charge in [-0.3, -0.25) is 9.59 Å². The van der Waals surface area contributed by atoms with Crippen molar-refractivity contribution in [3.63, 3.8) is 0 Å². The number of rotatable bonds is 7. The number of H-pyrrole nitrogens is 1. The number of nitrogens with one attached hydrogen (secondary N) is 2. The van der Waals surface area contributed by atoms with Crippen molar-refractivity contribution >= 4 is 29.0 Å². The number of hydrogen-bond acceptors (Lipinski definition) is 5. The van der Waals surface area contributed by atoms with Crippen LogP contribution < -0.4 is 5.32 Å². The zero-order valence-corrected chi connectivity index (χ0v) is 15.4. The normalized spacial score (nSPS) is 11.6. The van der Waals surface area contributed by atoms with Gasteiger partial charge in [0.05, 0.1) is 6.04 Å². The maximum absolute atomic E-state index is 12.3. The summed E-state index contributed by atoms with van der Waals surface area (Å²) in [6, 6.07) is 14.5. The number of amides is 1. The van der Waals surface area contributed by atoms with Crippen LogP contribution >= 0.6 is 11.3 Å². The largest absolute Gasteiger partial charge is 0.451 e. The number of aromatic nitrogens is 1. The van der Waals surface area contributed by atoms with Crippen LogP contribution in [0.4, 0.5) is 0 Å². The van der Waals surface area contributed by atoms with Crippen molar-refractivity contribution in [3.05, 3.63) is 81.8 Å². The van der Waals surface area contributed by atoms with E-state index in [0.29, 0.717) is 5.56 Å². The summed E-state index contributed by atoms with van der Waals surface area (Å²) in [5, 5.41) is 4.84. The first-order valence-electron chi connectivity index (χ1n) is 8.29. The lowest BCUT2D eigenvalue weighted by atomic mass is 10.1. The van der Waals surface area contributed by atoms with E-state index < -0.39 is 18.5 Å². The topological polar surface area (TPSA) is 88.3 Å². The van der Waals surface area contributed by atoms with Crippen molar-refractivity contribution in [1.29, 1.82) is 0 Å². The molecule has 0 spiro atoms. The highest BCUT2D eigenvalue weighted by molar-refractivity contribution is 7.10. The summed E-state index contributed by atoms with van der Waals surface area (Å²) in [6.45, 7) is 0.988. The fourth-order valence-electron chi connectivity index (χ4n) is 2.55. The molecule has 2 N–H and O–H groups in total. The van der Waals surface area contributed by atoms with Gasteiger partial charge >= 0.3 is 5.97 Å². The van der Waals surface area contributed by atoms with Gasteiger partial charge in [0.15, 0.2) is 12.4 Å². The predicted octanol–water partition coefficient (Wildman–Crippen LogP) is 3.34. The summed E-state index contributed by atoms with van der Waals surface area (Å²) < 4.78 is 5.05. The Morgan fingerprint density at radius 2 is 1.93 bits per heavy atom. The molecule has 0 saturated carbocycles. The van der Waals surface area contributed by atoms with Gasteiger partial charge in [0.1, 0.15) is 5.69 Å². The molecule has 1 aromatic carbocycles. The Kier molecular flexibility index (Phi) is 5.83. The van der Waals surface area contributed by atoms with Gasteiger partial charge in [-0.25, -0.2) is 4.79 Å². The molecular formula is C20H18N2O4S. The molecule has 2 aromatic heterocycles. The lowest BCUT2D eigenvalue weighted by Gasteiger charge is -2.18. The number of benzene rings is 1. The molecule has 0 aliphatic heterocycles. The summed E-state index contributed by atoms with van der Waals surface area (Å²) in [6.07, 6.45) is 1.43. The van der Waals surface area contributed by atoms with Crippen LogP contribution in [0.5, 0.6) is 0 Å². The maximum atomic E-state index is 12.3. The Balaban J connectivity index is 1.62. The minimum Gasteiger partial charge on any atom is -0.451 e. The van der Waals surface area contributed by atoms with Crippen LogP contribution in [0, 0.1) is 0 Å². The Bertz CT molecular complexity index is 932. The third-order valence-electron chi connectivity index (χ3n) is 3.91. The van der Waals surface area contributed by atoms with E-state index in [2.05, 4.69) is 10.3 Å². The Hall–Kier alpha value is -3.19. The monoisotopic (exact) mass is 382 g/mol. The lowest BCUT2D eigenvalue weighted by Crippen LogP contribution is -2.32.